The lowest BCUT2D eigenvalue weighted by Gasteiger charge is -2.29. The van der Waals surface area contributed by atoms with Crippen LogP contribution in [0.5, 0.6) is 0 Å². The Labute approximate surface area is 149 Å². The number of hydrogen-bond acceptors (Lipinski definition) is 7. The van der Waals surface area contributed by atoms with Crippen molar-refractivity contribution in [2.75, 3.05) is 19.6 Å². The van der Waals surface area contributed by atoms with Crippen LogP contribution in [-0.2, 0) is 24.3 Å². The minimum Gasteiger partial charge on any atom is -0.370 e. The highest BCUT2D eigenvalue weighted by atomic mass is 32.3. The van der Waals surface area contributed by atoms with Crippen molar-refractivity contribution >= 4 is 28.3 Å². The van der Waals surface area contributed by atoms with E-state index in [9.17, 15) is 18.0 Å². The number of nitrogens with zero attached hydrogens (tertiary/aromatic N) is 3. The largest absolute Gasteiger partial charge is 0.418 e. The summed E-state index contributed by atoms with van der Waals surface area (Å²) in [5.41, 5.74) is 7.71. The Morgan fingerprint density at radius 3 is 2.65 bits per heavy atom. The number of nitrogens with two attached hydrogens (primary N) is 1. The van der Waals surface area contributed by atoms with Crippen LogP contribution in [0.25, 0.3) is 0 Å². The van der Waals surface area contributed by atoms with E-state index >= 15 is 0 Å². The molecule has 3 heterocycles. The molecule has 0 radical (unpaired) electrons. The van der Waals surface area contributed by atoms with Gasteiger partial charge in [0.05, 0.1) is 6.04 Å². The minimum absolute atomic E-state index is 0.0673. The zero-order valence-corrected chi connectivity index (χ0v) is 14.5. The summed E-state index contributed by atoms with van der Waals surface area (Å²) in [5, 5.41) is 7.93. The molecule has 146 valence electrons. The van der Waals surface area contributed by atoms with Gasteiger partial charge in [-0.2, -0.15) is 13.5 Å². The standard InChI is InChI=1S/C12H20N6O7S/c13-11(14)16-4-3-8(6-16)24-15-10(19)9-2-1-7-5-17(9)12(20)18(7)25-26(21,22)23/h7-9H,1-6H2,(H3,13,14)(H,15,19)(H,21,22,23)/t7?,8-,9?/m0/s1. The normalized spacial score (nSPS) is 28.6. The molecule has 2 unspecified atom stereocenters. The second kappa shape index (κ2) is 6.86. The number of piperidine rings is 1. The van der Waals surface area contributed by atoms with Gasteiger partial charge in [-0.15, -0.1) is 4.28 Å². The van der Waals surface area contributed by atoms with E-state index < -0.39 is 34.4 Å². The third-order valence-corrected chi connectivity index (χ3v) is 4.96. The number of nitrogens with one attached hydrogen (secondary N) is 2. The highest BCUT2D eigenvalue weighted by molar-refractivity contribution is 7.80. The number of hydroxylamine groups is 3. The first-order valence-corrected chi connectivity index (χ1v) is 9.33. The molecule has 0 aromatic carbocycles. The molecule has 3 fully saturated rings. The predicted molar refractivity (Wildman–Crippen MR) is 84.5 cm³/mol. The average Bonchev–Trinajstić information content (AvgIpc) is 3.12. The van der Waals surface area contributed by atoms with Crippen LogP contribution in [0.4, 0.5) is 4.79 Å². The Morgan fingerprint density at radius 2 is 2.04 bits per heavy atom. The van der Waals surface area contributed by atoms with Gasteiger partial charge < -0.3 is 15.5 Å². The number of rotatable bonds is 5. The molecule has 3 aliphatic rings. The quantitative estimate of drug-likeness (QED) is 0.178. The molecule has 0 aliphatic carbocycles. The van der Waals surface area contributed by atoms with E-state index in [4.69, 9.17) is 20.5 Å². The maximum atomic E-state index is 12.4. The number of amides is 3. The monoisotopic (exact) mass is 392 g/mol. The molecule has 0 aromatic heterocycles. The summed E-state index contributed by atoms with van der Waals surface area (Å²) in [5.74, 6) is -0.603. The molecule has 3 rings (SSSR count). The first kappa shape index (κ1) is 18.6. The maximum absolute atomic E-state index is 12.4. The Hall–Kier alpha value is -2.16. The topological polar surface area (TPSA) is 179 Å². The van der Waals surface area contributed by atoms with Crippen LogP contribution in [0.15, 0.2) is 0 Å². The van der Waals surface area contributed by atoms with Crippen LogP contribution < -0.4 is 11.2 Å². The van der Waals surface area contributed by atoms with Crippen molar-refractivity contribution in [3.05, 3.63) is 0 Å². The number of urea groups is 1. The van der Waals surface area contributed by atoms with Crippen molar-refractivity contribution in [1.29, 1.82) is 5.41 Å². The number of carbonyl (C=O) groups is 2. The number of guanidine groups is 1. The number of carbonyl (C=O) groups excluding carboxylic acids is 2. The molecular weight excluding hydrogens is 372 g/mol. The van der Waals surface area contributed by atoms with Crippen molar-refractivity contribution in [3.63, 3.8) is 0 Å². The predicted octanol–water partition coefficient (Wildman–Crippen LogP) is -2.00. The molecule has 5 N–H and O–H groups in total. The molecule has 3 amide bonds. The molecular formula is C12H20N6O7S. The maximum Gasteiger partial charge on any atom is 0.418 e. The average molecular weight is 392 g/mol. The molecule has 13 nitrogen and oxygen atoms in total. The lowest BCUT2D eigenvalue weighted by atomic mass is 10.0. The number of fused-ring (bicyclic) bond motifs is 2. The number of likely N-dealkylation sites (tertiary alicyclic amines) is 1. The van der Waals surface area contributed by atoms with Crippen LogP contribution in [-0.4, -0.2) is 83.6 Å². The van der Waals surface area contributed by atoms with Gasteiger partial charge >= 0.3 is 16.4 Å². The first-order chi connectivity index (χ1) is 12.2. The van der Waals surface area contributed by atoms with Crippen LogP contribution in [0.3, 0.4) is 0 Å². The van der Waals surface area contributed by atoms with Gasteiger partial charge in [0.1, 0.15) is 12.1 Å². The van der Waals surface area contributed by atoms with Gasteiger partial charge in [-0.1, -0.05) is 0 Å². The zero-order chi connectivity index (χ0) is 19.1. The lowest BCUT2D eigenvalue weighted by Crippen LogP contribution is -2.50. The van der Waals surface area contributed by atoms with Gasteiger partial charge in [-0.05, 0) is 19.3 Å². The zero-order valence-electron chi connectivity index (χ0n) is 13.7. The third kappa shape index (κ3) is 3.82. The summed E-state index contributed by atoms with van der Waals surface area (Å²) >= 11 is 0. The molecule has 14 heteroatoms. The van der Waals surface area contributed by atoms with Crippen molar-refractivity contribution in [1.82, 2.24) is 20.3 Å². The smallest absolute Gasteiger partial charge is 0.370 e. The molecule has 3 aliphatic heterocycles. The highest BCUT2D eigenvalue weighted by Crippen LogP contribution is 2.30. The summed E-state index contributed by atoms with van der Waals surface area (Å²) in [6, 6.07) is -2.21. The second-order valence-corrected chi connectivity index (χ2v) is 7.34. The van der Waals surface area contributed by atoms with Crippen LogP contribution in [0.2, 0.25) is 0 Å². The van der Waals surface area contributed by atoms with Gasteiger partial charge in [-0.25, -0.2) is 10.3 Å². The second-order valence-electron chi connectivity index (χ2n) is 6.34. The fourth-order valence-electron chi connectivity index (χ4n) is 3.36. The lowest BCUT2D eigenvalue weighted by molar-refractivity contribution is -0.143. The number of hydrogen-bond donors (Lipinski definition) is 4. The van der Waals surface area contributed by atoms with Crippen molar-refractivity contribution < 1.29 is 31.7 Å². The van der Waals surface area contributed by atoms with Crippen molar-refractivity contribution in [3.8, 4) is 0 Å². The van der Waals surface area contributed by atoms with Crippen molar-refractivity contribution in [2.24, 2.45) is 5.73 Å². The third-order valence-electron chi connectivity index (χ3n) is 4.61. The Morgan fingerprint density at radius 1 is 1.31 bits per heavy atom. The molecule has 26 heavy (non-hydrogen) atoms. The van der Waals surface area contributed by atoms with E-state index in [0.717, 1.165) is 0 Å². The summed E-state index contributed by atoms with van der Waals surface area (Å²) in [4.78, 5) is 32.7. The van der Waals surface area contributed by atoms with E-state index in [-0.39, 0.29) is 18.6 Å². The SMILES string of the molecule is N=C(N)N1CC[C@H](ONC(=O)C2CCC3CN2C(=O)N3OS(=O)(=O)O)C1. The van der Waals surface area contributed by atoms with Gasteiger partial charge in [0, 0.05) is 19.6 Å². The summed E-state index contributed by atoms with van der Waals surface area (Å²) in [7, 11) is -4.83. The van der Waals surface area contributed by atoms with Crippen LogP contribution in [0, 0.1) is 5.41 Å². The highest BCUT2D eigenvalue weighted by Gasteiger charge is 2.49. The van der Waals surface area contributed by atoms with Crippen molar-refractivity contribution in [2.45, 2.75) is 37.5 Å². The Balaban J connectivity index is 1.55. The van der Waals surface area contributed by atoms with Gasteiger partial charge in [0.15, 0.2) is 5.96 Å². The van der Waals surface area contributed by atoms with Crippen LogP contribution >= 0.6 is 0 Å². The van der Waals surface area contributed by atoms with Gasteiger partial charge in [-0.3, -0.25) is 19.6 Å². The fraction of sp³-hybridized carbons (Fsp3) is 0.750. The summed E-state index contributed by atoms with van der Waals surface area (Å²) in [6.07, 6.45) is 0.886. The first-order valence-electron chi connectivity index (χ1n) is 7.97. The van der Waals surface area contributed by atoms with Crippen LogP contribution in [0.1, 0.15) is 19.3 Å². The minimum atomic E-state index is -4.83. The van der Waals surface area contributed by atoms with Gasteiger partial charge in [0.2, 0.25) is 0 Å². The Kier molecular flexibility index (Phi) is 4.92. The summed E-state index contributed by atoms with van der Waals surface area (Å²) in [6.45, 7) is 1.03. The van der Waals surface area contributed by atoms with E-state index in [0.29, 0.717) is 37.4 Å². The molecule has 3 saturated heterocycles. The van der Waals surface area contributed by atoms with E-state index in [1.807, 2.05) is 0 Å². The van der Waals surface area contributed by atoms with E-state index in [2.05, 4.69) is 9.76 Å². The molecule has 0 spiro atoms. The van der Waals surface area contributed by atoms with E-state index in [1.165, 1.54) is 4.90 Å². The van der Waals surface area contributed by atoms with Gasteiger partial charge in [0.25, 0.3) is 5.91 Å². The fourth-order valence-corrected chi connectivity index (χ4v) is 3.75. The molecule has 2 bridgehead atoms. The molecule has 3 atom stereocenters. The summed E-state index contributed by atoms with van der Waals surface area (Å²) < 4.78 is 34.8. The molecule has 0 aromatic rings. The molecule has 0 saturated carbocycles. The van der Waals surface area contributed by atoms with E-state index in [1.54, 1.807) is 4.90 Å². The Bertz CT molecular complexity index is 715.